The van der Waals surface area contributed by atoms with Crippen LogP contribution in [0.15, 0.2) is 18.2 Å². The van der Waals surface area contributed by atoms with Gasteiger partial charge in [0, 0.05) is 6.54 Å². The van der Waals surface area contributed by atoms with E-state index in [0.717, 1.165) is 0 Å². The number of ether oxygens (including phenoxy) is 3. The van der Waals surface area contributed by atoms with Gasteiger partial charge in [-0.15, -0.1) is 0 Å². The smallest absolute Gasteiger partial charge is 0.339 e. The fourth-order valence-corrected chi connectivity index (χ4v) is 1.72. The number of urea groups is 1. The van der Waals surface area contributed by atoms with Crippen LogP contribution in [-0.4, -0.2) is 37.3 Å². The van der Waals surface area contributed by atoms with Crippen molar-refractivity contribution in [1.29, 1.82) is 0 Å². The SMILES string of the molecule is CCNC(=O)NC(=O)[C@H](C)OC(=O)c1ccc2c(c1)OCO2. The van der Waals surface area contributed by atoms with Gasteiger partial charge in [0.15, 0.2) is 17.6 Å². The lowest BCUT2D eigenvalue weighted by Gasteiger charge is -2.13. The first kappa shape index (κ1) is 15.6. The van der Waals surface area contributed by atoms with Crippen LogP contribution in [0.1, 0.15) is 24.2 Å². The molecule has 8 heteroatoms. The second kappa shape index (κ2) is 6.79. The minimum atomic E-state index is -1.11. The molecule has 1 aliphatic heterocycles. The van der Waals surface area contributed by atoms with Crippen molar-refractivity contribution in [3.63, 3.8) is 0 Å². The predicted octanol–water partition coefficient (Wildman–Crippen LogP) is 0.806. The molecule has 0 aliphatic carbocycles. The van der Waals surface area contributed by atoms with Gasteiger partial charge >= 0.3 is 12.0 Å². The summed E-state index contributed by atoms with van der Waals surface area (Å²) in [5.41, 5.74) is 0.224. The Kier molecular flexibility index (Phi) is 4.82. The maximum absolute atomic E-state index is 12.0. The zero-order valence-electron chi connectivity index (χ0n) is 12.2. The summed E-state index contributed by atoms with van der Waals surface area (Å²) in [4.78, 5) is 34.9. The molecule has 0 saturated carbocycles. The van der Waals surface area contributed by atoms with Crippen LogP contribution in [0, 0.1) is 0 Å². The highest BCUT2D eigenvalue weighted by molar-refractivity contribution is 5.98. The molecule has 0 unspecified atom stereocenters. The second-order valence-corrected chi connectivity index (χ2v) is 4.46. The molecular formula is C14H16N2O6. The minimum Gasteiger partial charge on any atom is -0.454 e. The van der Waals surface area contributed by atoms with Gasteiger partial charge in [0.2, 0.25) is 6.79 Å². The second-order valence-electron chi connectivity index (χ2n) is 4.46. The maximum atomic E-state index is 12.0. The number of imide groups is 1. The highest BCUT2D eigenvalue weighted by atomic mass is 16.7. The number of fused-ring (bicyclic) bond motifs is 1. The topological polar surface area (TPSA) is 103 Å². The lowest BCUT2D eigenvalue weighted by atomic mass is 10.2. The largest absolute Gasteiger partial charge is 0.454 e. The van der Waals surface area contributed by atoms with E-state index in [4.69, 9.17) is 14.2 Å². The van der Waals surface area contributed by atoms with Crippen molar-refractivity contribution >= 4 is 17.9 Å². The van der Waals surface area contributed by atoms with Crippen molar-refractivity contribution in [3.05, 3.63) is 23.8 Å². The molecule has 0 radical (unpaired) electrons. The molecule has 118 valence electrons. The van der Waals surface area contributed by atoms with Gasteiger partial charge < -0.3 is 19.5 Å². The predicted molar refractivity (Wildman–Crippen MR) is 74.7 cm³/mol. The van der Waals surface area contributed by atoms with Gasteiger partial charge in [-0.2, -0.15) is 0 Å². The molecule has 22 heavy (non-hydrogen) atoms. The molecule has 0 aromatic heterocycles. The Morgan fingerprint density at radius 1 is 1.27 bits per heavy atom. The van der Waals surface area contributed by atoms with E-state index < -0.39 is 24.0 Å². The number of benzene rings is 1. The Morgan fingerprint density at radius 3 is 2.73 bits per heavy atom. The van der Waals surface area contributed by atoms with E-state index in [1.54, 1.807) is 13.0 Å². The monoisotopic (exact) mass is 308 g/mol. The molecular weight excluding hydrogens is 292 g/mol. The number of nitrogens with one attached hydrogen (secondary N) is 2. The molecule has 2 N–H and O–H groups in total. The summed E-state index contributed by atoms with van der Waals surface area (Å²) < 4.78 is 15.3. The molecule has 0 spiro atoms. The van der Waals surface area contributed by atoms with E-state index in [1.807, 2.05) is 0 Å². The van der Waals surface area contributed by atoms with Crippen molar-refractivity contribution in [2.45, 2.75) is 20.0 Å². The molecule has 1 aromatic rings. The molecule has 1 atom stereocenters. The number of esters is 1. The Balaban J connectivity index is 1.93. The summed E-state index contributed by atoms with van der Waals surface area (Å²) in [7, 11) is 0. The normalized spacial score (nSPS) is 13.2. The van der Waals surface area contributed by atoms with E-state index in [2.05, 4.69) is 10.6 Å². The third-order valence-electron chi connectivity index (χ3n) is 2.84. The molecule has 8 nitrogen and oxygen atoms in total. The highest BCUT2D eigenvalue weighted by Crippen LogP contribution is 2.32. The standard InChI is InChI=1S/C14H16N2O6/c1-3-15-14(19)16-12(17)8(2)22-13(18)9-4-5-10-11(6-9)21-7-20-10/h4-6,8H,3,7H2,1-2H3,(H2,15,16,17,19)/t8-/m0/s1. The van der Waals surface area contributed by atoms with E-state index in [0.29, 0.717) is 18.0 Å². The van der Waals surface area contributed by atoms with Gasteiger partial charge in [0.1, 0.15) is 0 Å². The van der Waals surface area contributed by atoms with Crippen LogP contribution < -0.4 is 20.1 Å². The number of rotatable bonds is 4. The van der Waals surface area contributed by atoms with E-state index in [1.165, 1.54) is 19.1 Å². The molecule has 3 amide bonds. The van der Waals surface area contributed by atoms with Crippen LogP contribution in [-0.2, 0) is 9.53 Å². The van der Waals surface area contributed by atoms with Crippen LogP contribution in [0.5, 0.6) is 11.5 Å². The van der Waals surface area contributed by atoms with Gasteiger partial charge in [0.25, 0.3) is 5.91 Å². The Morgan fingerprint density at radius 2 is 2.00 bits per heavy atom. The number of hydrogen-bond donors (Lipinski definition) is 2. The van der Waals surface area contributed by atoms with Crippen molar-refractivity contribution < 1.29 is 28.6 Å². The van der Waals surface area contributed by atoms with Crippen molar-refractivity contribution in [1.82, 2.24) is 10.6 Å². The first-order valence-corrected chi connectivity index (χ1v) is 6.70. The zero-order chi connectivity index (χ0) is 16.1. The Hall–Kier alpha value is -2.77. The summed E-state index contributed by atoms with van der Waals surface area (Å²) in [5.74, 6) is -0.427. The number of carbonyl (C=O) groups is 3. The van der Waals surface area contributed by atoms with Gasteiger partial charge in [-0.3, -0.25) is 10.1 Å². The molecule has 2 rings (SSSR count). The van der Waals surface area contributed by atoms with Crippen LogP contribution in [0.3, 0.4) is 0 Å². The molecule has 0 saturated heterocycles. The van der Waals surface area contributed by atoms with E-state index in [9.17, 15) is 14.4 Å². The summed E-state index contributed by atoms with van der Waals surface area (Å²) in [6.45, 7) is 3.57. The summed E-state index contributed by atoms with van der Waals surface area (Å²) in [6.07, 6.45) is -1.11. The van der Waals surface area contributed by atoms with Gasteiger partial charge in [-0.1, -0.05) is 0 Å². The van der Waals surface area contributed by atoms with Gasteiger partial charge in [-0.25, -0.2) is 9.59 Å². The zero-order valence-corrected chi connectivity index (χ0v) is 12.2. The summed E-state index contributed by atoms with van der Waals surface area (Å²) >= 11 is 0. The van der Waals surface area contributed by atoms with Gasteiger partial charge in [0.05, 0.1) is 5.56 Å². The third kappa shape index (κ3) is 3.66. The number of amides is 3. The molecule has 0 bridgehead atoms. The molecule has 1 aromatic carbocycles. The lowest BCUT2D eigenvalue weighted by Crippen LogP contribution is -2.44. The molecule has 1 heterocycles. The fraction of sp³-hybridized carbons (Fsp3) is 0.357. The van der Waals surface area contributed by atoms with E-state index >= 15 is 0 Å². The first-order valence-electron chi connectivity index (χ1n) is 6.70. The minimum absolute atomic E-state index is 0.0964. The van der Waals surface area contributed by atoms with Gasteiger partial charge in [-0.05, 0) is 32.0 Å². The maximum Gasteiger partial charge on any atom is 0.339 e. The summed E-state index contributed by atoms with van der Waals surface area (Å²) in [6, 6.07) is 3.92. The third-order valence-corrected chi connectivity index (χ3v) is 2.84. The fourth-order valence-electron chi connectivity index (χ4n) is 1.72. The quantitative estimate of drug-likeness (QED) is 0.798. The summed E-state index contributed by atoms with van der Waals surface area (Å²) in [5, 5.41) is 4.47. The average molecular weight is 308 g/mol. The Labute approximate surface area is 126 Å². The highest BCUT2D eigenvalue weighted by Gasteiger charge is 2.22. The van der Waals surface area contributed by atoms with Crippen LogP contribution >= 0.6 is 0 Å². The van der Waals surface area contributed by atoms with Crippen LogP contribution in [0.25, 0.3) is 0 Å². The lowest BCUT2D eigenvalue weighted by molar-refractivity contribution is -0.127. The number of hydrogen-bond acceptors (Lipinski definition) is 6. The van der Waals surface area contributed by atoms with Crippen molar-refractivity contribution in [3.8, 4) is 11.5 Å². The Bertz CT molecular complexity index is 601. The van der Waals surface area contributed by atoms with E-state index in [-0.39, 0.29) is 12.4 Å². The van der Waals surface area contributed by atoms with Crippen molar-refractivity contribution in [2.75, 3.05) is 13.3 Å². The molecule has 0 fully saturated rings. The average Bonchev–Trinajstić information content (AvgIpc) is 2.94. The van der Waals surface area contributed by atoms with Crippen LogP contribution in [0.4, 0.5) is 4.79 Å². The molecule has 1 aliphatic rings. The number of carbonyl (C=O) groups excluding carboxylic acids is 3. The first-order chi connectivity index (χ1) is 10.5. The van der Waals surface area contributed by atoms with Crippen LogP contribution in [0.2, 0.25) is 0 Å². The van der Waals surface area contributed by atoms with Crippen molar-refractivity contribution in [2.24, 2.45) is 0 Å².